The Morgan fingerprint density at radius 2 is 1.37 bits per heavy atom. The highest BCUT2D eigenvalue weighted by Gasteiger charge is 2.38. The minimum atomic E-state index is -1.34. The van der Waals surface area contributed by atoms with Crippen LogP contribution in [0.15, 0.2) is 103 Å². The van der Waals surface area contributed by atoms with Gasteiger partial charge in [-0.1, -0.05) is 72.8 Å². The van der Waals surface area contributed by atoms with Gasteiger partial charge < -0.3 is 18.4 Å². The predicted octanol–water partition coefficient (Wildman–Crippen LogP) is 7.78. The van der Waals surface area contributed by atoms with Gasteiger partial charge in [0.05, 0.1) is 19.8 Å². The second kappa shape index (κ2) is 14.4. The van der Waals surface area contributed by atoms with Gasteiger partial charge in [-0.25, -0.2) is 4.67 Å². The van der Waals surface area contributed by atoms with E-state index in [9.17, 15) is 0 Å². The highest BCUT2D eigenvalue weighted by molar-refractivity contribution is 7.44. The van der Waals surface area contributed by atoms with Crippen molar-refractivity contribution in [3.05, 3.63) is 126 Å². The van der Waals surface area contributed by atoms with Crippen LogP contribution in [0.25, 0.3) is 0 Å². The summed E-state index contributed by atoms with van der Waals surface area (Å²) in [4.78, 5) is 0. The molecule has 1 aromatic heterocycles. The zero-order valence-electron chi connectivity index (χ0n) is 24.6. The maximum Gasteiger partial charge on any atom is 0.260 e. The predicted molar refractivity (Wildman–Crippen MR) is 166 cm³/mol. The van der Waals surface area contributed by atoms with Crippen LogP contribution in [0.4, 0.5) is 0 Å². The van der Waals surface area contributed by atoms with Crippen molar-refractivity contribution in [1.29, 1.82) is 5.26 Å². The van der Waals surface area contributed by atoms with E-state index < -0.39 is 14.1 Å². The van der Waals surface area contributed by atoms with Crippen LogP contribution in [0.3, 0.4) is 0 Å². The summed E-state index contributed by atoms with van der Waals surface area (Å²) in [5, 5.41) is 9.12. The van der Waals surface area contributed by atoms with Crippen molar-refractivity contribution in [2.45, 2.75) is 51.7 Å². The van der Waals surface area contributed by atoms with Crippen LogP contribution in [0.2, 0.25) is 0 Å². The molecule has 1 heterocycles. The monoisotopic (exact) mass is 569 g/mol. The number of rotatable bonds is 14. The molecule has 0 radical (unpaired) electrons. The highest BCUT2D eigenvalue weighted by Crippen LogP contribution is 2.46. The smallest absolute Gasteiger partial charge is 0.260 e. The van der Waals surface area contributed by atoms with E-state index in [0.717, 1.165) is 28.0 Å². The fraction of sp³-hybridized carbons (Fsp3) is 0.324. The molecule has 4 rings (SSSR count). The van der Waals surface area contributed by atoms with E-state index >= 15 is 0 Å². The summed E-state index contributed by atoms with van der Waals surface area (Å²) >= 11 is 0. The van der Waals surface area contributed by atoms with Gasteiger partial charge in [-0.15, -0.1) is 0 Å². The molecule has 0 saturated carbocycles. The molecule has 0 bridgehead atoms. The van der Waals surface area contributed by atoms with Crippen molar-refractivity contribution in [1.82, 2.24) is 9.24 Å². The first-order valence-corrected chi connectivity index (χ1v) is 15.2. The standard InChI is InChI=1S/C34H40N3O3P/c1-27(2)37(28(3)4)41(40-25-22-35)39-24-21-29-20-23-36(26-29)34(30-12-8-6-9-13-30,31-14-10-7-11-15-31)32-16-18-33(38-5)19-17-32/h6-20,23,26-28H,21,24-25H2,1-5H3. The molecule has 3 aromatic carbocycles. The van der Waals surface area contributed by atoms with Crippen LogP contribution in [-0.2, 0) is 21.0 Å². The van der Waals surface area contributed by atoms with E-state index in [-0.39, 0.29) is 18.7 Å². The summed E-state index contributed by atoms with van der Waals surface area (Å²) in [5.74, 6) is 0.820. The van der Waals surface area contributed by atoms with E-state index in [2.05, 4.69) is 134 Å². The molecule has 7 heteroatoms. The molecule has 0 amide bonds. The zero-order chi connectivity index (χ0) is 29.2. The molecule has 4 aromatic rings. The summed E-state index contributed by atoms with van der Waals surface area (Å²) in [6, 6.07) is 34.3. The Balaban J connectivity index is 1.70. The normalized spacial score (nSPS) is 12.6. The number of hydrogen-bond acceptors (Lipinski definition) is 5. The lowest BCUT2D eigenvalue weighted by Gasteiger charge is -2.38. The molecule has 0 fully saturated rings. The lowest BCUT2D eigenvalue weighted by atomic mass is 9.76. The molecule has 0 spiro atoms. The summed E-state index contributed by atoms with van der Waals surface area (Å²) in [6.07, 6.45) is 5.09. The van der Waals surface area contributed by atoms with Gasteiger partial charge in [-0.2, -0.15) is 5.26 Å². The number of aromatic nitrogens is 1. The number of nitrogens with zero attached hydrogens (tertiary/aromatic N) is 3. The Labute approximate surface area is 246 Å². The minimum absolute atomic E-state index is 0.0105. The molecule has 1 atom stereocenters. The number of nitriles is 1. The molecule has 214 valence electrons. The highest BCUT2D eigenvalue weighted by atomic mass is 31.2. The van der Waals surface area contributed by atoms with Gasteiger partial charge in [0.25, 0.3) is 8.53 Å². The van der Waals surface area contributed by atoms with Gasteiger partial charge in [0.15, 0.2) is 0 Å². The largest absolute Gasteiger partial charge is 0.497 e. The molecule has 0 aliphatic rings. The second-order valence-corrected chi connectivity index (χ2v) is 11.9. The summed E-state index contributed by atoms with van der Waals surface area (Å²) in [5.41, 5.74) is 4.01. The first-order valence-electron chi connectivity index (χ1n) is 14.1. The first-order chi connectivity index (χ1) is 19.9. The molecule has 41 heavy (non-hydrogen) atoms. The number of benzene rings is 3. The van der Waals surface area contributed by atoms with E-state index in [1.807, 2.05) is 12.1 Å². The van der Waals surface area contributed by atoms with Crippen molar-refractivity contribution < 1.29 is 13.8 Å². The van der Waals surface area contributed by atoms with Gasteiger partial charge in [-0.3, -0.25) is 0 Å². The lowest BCUT2D eigenvalue weighted by molar-refractivity contribution is 0.187. The van der Waals surface area contributed by atoms with Crippen molar-refractivity contribution in [2.24, 2.45) is 0 Å². The van der Waals surface area contributed by atoms with Crippen LogP contribution in [0.5, 0.6) is 5.75 Å². The number of hydrogen-bond donors (Lipinski definition) is 0. The van der Waals surface area contributed by atoms with E-state index in [4.69, 9.17) is 19.0 Å². The fourth-order valence-electron chi connectivity index (χ4n) is 5.41. The van der Waals surface area contributed by atoms with Gasteiger partial charge in [0.2, 0.25) is 0 Å². The fourth-order valence-corrected chi connectivity index (χ4v) is 6.92. The average molecular weight is 570 g/mol. The topological polar surface area (TPSA) is 59.7 Å². The van der Waals surface area contributed by atoms with Gasteiger partial charge >= 0.3 is 0 Å². The molecule has 0 N–H and O–H groups in total. The summed E-state index contributed by atoms with van der Waals surface area (Å²) in [6.45, 7) is 9.00. The van der Waals surface area contributed by atoms with Crippen molar-refractivity contribution >= 4 is 8.53 Å². The van der Waals surface area contributed by atoms with Crippen LogP contribution < -0.4 is 4.74 Å². The molecule has 6 nitrogen and oxygen atoms in total. The van der Waals surface area contributed by atoms with Crippen LogP contribution in [0, 0.1) is 11.3 Å². The van der Waals surface area contributed by atoms with Crippen LogP contribution in [-0.4, -0.2) is 41.6 Å². The number of ether oxygens (including phenoxy) is 1. The Morgan fingerprint density at radius 3 is 1.88 bits per heavy atom. The molecular formula is C34H40N3O3P. The molecular weight excluding hydrogens is 529 g/mol. The van der Waals surface area contributed by atoms with Gasteiger partial charge in [0, 0.05) is 24.5 Å². The van der Waals surface area contributed by atoms with Gasteiger partial charge in [0.1, 0.15) is 17.9 Å². The third-order valence-electron chi connectivity index (χ3n) is 7.11. The Bertz CT molecular complexity index is 1330. The Hall–Kier alpha value is -3.46. The van der Waals surface area contributed by atoms with E-state index in [1.165, 1.54) is 0 Å². The summed E-state index contributed by atoms with van der Waals surface area (Å²) in [7, 11) is 0.348. The van der Waals surface area contributed by atoms with Crippen LogP contribution in [0.1, 0.15) is 49.9 Å². The van der Waals surface area contributed by atoms with Crippen molar-refractivity contribution in [3.8, 4) is 11.8 Å². The van der Waals surface area contributed by atoms with E-state index in [1.54, 1.807) is 7.11 Å². The third kappa shape index (κ3) is 6.89. The van der Waals surface area contributed by atoms with Crippen LogP contribution >= 0.6 is 8.53 Å². The molecule has 0 saturated heterocycles. The molecule has 0 aliphatic heterocycles. The van der Waals surface area contributed by atoms with Crippen molar-refractivity contribution in [2.75, 3.05) is 20.3 Å². The average Bonchev–Trinajstić information content (AvgIpc) is 3.46. The SMILES string of the molecule is COc1ccc(C(c2ccccc2)(c2ccccc2)n2ccc(CCOP(OCC#N)N(C(C)C)C(C)C)c2)cc1. The maximum atomic E-state index is 9.12. The lowest BCUT2D eigenvalue weighted by Crippen LogP contribution is -2.36. The zero-order valence-corrected chi connectivity index (χ0v) is 25.5. The third-order valence-corrected chi connectivity index (χ3v) is 9.17. The van der Waals surface area contributed by atoms with Gasteiger partial charge in [-0.05, 0) is 74.6 Å². The Kier molecular flexibility index (Phi) is 10.7. The Morgan fingerprint density at radius 1 is 0.805 bits per heavy atom. The molecule has 1 unspecified atom stereocenters. The first kappa shape index (κ1) is 30.5. The second-order valence-electron chi connectivity index (χ2n) is 10.4. The minimum Gasteiger partial charge on any atom is -0.497 e. The number of methoxy groups -OCH3 is 1. The quantitative estimate of drug-likeness (QED) is 0.115. The molecule has 0 aliphatic carbocycles. The maximum absolute atomic E-state index is 9.12. The van der Waals surface area contributed by atoms with E-state index in [0.29, 0.717) is 13.0 Å². The van der Waals surface area contributed by atoms with Crippen molar-refractivity contribution in [3.63, 3.8) is 0 Å². The summed E-state index contributed by atoms with van der Waals surface area (Å²) < 4.78 is 22.2.